The molecule has 7 nitrogen and oxygen atoms in total. The van der Waals surface area contributed by atoms with Gasteiger partial charge in [-0.05, 0) is 42.5 Å². The molecule has 0 atom stereocenters. The van der Waals surface area contributed by atoms with Crippen LogP contribution in [0.25, 0.3) is 0 Å². The van der Waals surface area contributed by atoms with E-state index in [0.717, 1.165) is 57.4 Å². The molecule has 4 rings (SSSR count). The Morgan fingerprint density at radius 2 is 1.42 bits per heavy atom. The fourth-order valence-corrected chi connectivity index (χ4v) is 5.56. The lowest BCUT2D eigenvalue weighted by Crippen LogP contribution is -2.14. The van der Waals surface area contributed by atoms with Crippen molar-refractivity contribution in [1.29, 1.82) is 0 Å². The van der Waals surface area contributed by atoms with E-state index in [9.17, 15) is 9.59 Å². The average Bonchev–Trinajstić information content (AvgIpc) is 3.49. The van der Waals surface area contributed by atoms with Crippen LogP contribution in [-0.4, -0.2) is 32.1 Å². The summed E-state index contributed by atoms with van der Waals surface area (Å²) in [6, 6.07) is 15.2. The predicted molar refractivity (Wildman–Crippen MR) is 144 cm³/mol. The molecule has 4 aromatic rings. The number of Topliss-reactive ketones (excluding diaryl/α,β-unsaturated/α-hetero) is 1. The fraction of sp³-hybridized carbons (Fsp3) is 0.308. The fourth-order valence-electron chi connectivity index (χ4n) is 3.65. The lowest BCUT2D eigenvalue weighted by atomic mass is 10.0. The van der Waals surface area contributed by atoms with E-state index in [2.05, 4.69) is 25.7 Å². The van der Waals surface area contributed by atoms with Crippen LogP contribution in [-0.2, 0) is 41.7 Å². The molecule has 0 spiro atoms. The van der Waals surface area contributed by atoms with E-state index in [1.54, 1.807) is 6.07 Å². The Hall–Kier alpha value is -3.01. The van der Waals surface area contributed by atoms with Crippen molar-refractivity contribution in [2.75, 3.05) is 5.32 Å². The molecule has 0 aliphatic carbocycles. The minimum Gasteiger partial charge on any atom is -0.300 e. The molecule has 0 aliphatic heterocycles. The second-order valence-electron chi connectivity index (χ2n) is 8.43. The molecule has 0 saturated heterocycles. The van der Waals surface area contributed by atoms with E-state index in [4.69, 9.17) is 11.6 Å². The quantitative estimate of drug-likeness (QED) is 0.240. The normalized spacial score (nSPS) is 10.9. The first-order valence-electron chi connectivity index (χ1n) is 11.7. The maximum atomic E-state index is 12.4. The van der Waals surface area contributed by atoms with Crippen LogP contribution in [0.15, 0.2) is 48.5 Å². The first-order valence-corrected chi connectivity index (χ1v) is 13.7. The molecular formula is C26H26ClN5O2S2. The highest BCUT2D eigenvalue weighted by Gasteiger charge is 2.13. The number of nitrogens with one attached hydrogen (secondary N) is 1. The maximum Gasteiger partial charge on any atom is 0.230 e. The number of rotatable bonds is 12. The number of anilines is 1. The summed E-state index contributed by atoms with van der Waals surface area (Å²) in [6.07, 6.45) is 4.37. The van der Waals surface area contributed by atoms with Gasteiger partial charge in [0.1, 0.15) is 20.8 Å². The number of benzene rings is 2. The van der Waals surface area contributed by atoms with Crippen molar-refractivity contribution in [1.82, 2.24) is 20.4 Å². The number of unbranched alkanes of at least 4 members (excludes halogenated alkanes) is 1. The van der Waals surface area contributed by atoms with Crippen LogP contribution in [0.4, 0.5) is 5.13 Å². The van der Waals surface area contributed by atoms with Gasteiger partial charge in [-0.25, -0.2) is 0 Å². The van der Waals surface area contributed by atoms with Gasteiger partial charge in [0, 0.05) is 24.3 Å². The molecule has 0 bridgehead atoms. The van der Waals surface area contributed by atoms with Crippen LogP contribution >= 0.6 is 34.3 Å². The lowest BCUT2D eigenvalue weighted by Gasteiger charge is -2.03. The van der Waals surface area contributed by atoms with Crippen molar-refractivity contribution in [2.45, 2.75) is 51.9 Å². The van der Waals surface area contributed by atoms with Crippen LogP contribution < -0.4 is 5.32 Å². The van der Waals surface area contributed by atoms with Crippen molar-refractivity contribution in [3.05, 3.63) is 85.3 Å². The molecule has 2 aromatic carbocycles. The molecular weight excluding hydrogens is 514 g/mol. The van der Waals surface area contributed by atoms with Crippen molar-refractivity contribution in [2.24, 2.45) is 0 Å². The maximum absolute atomic E-state index is 12.4. The number of carbonyl (C=O) groups is 2. The van der Waals surface area contributed by atoms with E-state index < -0.39 is 0 Å². The Morgan fingerprint density at radius 1 is 0.778 bits per heavy atom. The predicted octanol–water partition coefficient (Wildman–Crippen LogP) is 5.45. The zero-order chi connectivity index (χ0) is 25.3. The van der Waals surface area contributed by atoms with Gasteiger partial charge >= 0.3 is 0 Å². The summed E-state index contributed by atoms with van der Waals surface area (Å²) in [6.45, 7) is 2.02. The van der Waals surface area contributed by atoms with Crippen molar-refractivity contribution >= 4 is 51.1 Å². The standard InChI is InChI=1S/C26H26ClN5O2S2/c1-17-8-2-3-9-18(17)14-20(33)16-25-31-29-23(35-25)12-6-7-13-24-30-32-26(36-24)28-22(34)15-19-10-4-5-11-21(19)27/h2-5,8-11H,6-7,12-16H2,1H3,(H,28,32,34). The molecule has 0 saturated carbocycles. The van der Waals surface area contributed by atoms with E-state index in [-0.39, 0.29) is 18.1 Å². The van der Waals surface area contributed by atoms with Crippen LogP contribution in [0.2, 0.25) is 5.02 Å². The van der Waals surface area contributed by atoms with Crippen LogP contribution in [0.1, 0.15) is 44.6 Å². The summed E-state index contributed by atoms with van der Waals surface area (Å²) >= 11 is 9.02. The van der Waals surface area contributed by atoms with Gasteiger partial charge in [-0.3, -0.25) is 9.59 Å². The van der Waals surface area contributed by atoms with E-state index in [1.807, 2.05) is 49.4 Å². The molecule has 0 fully saturated rings. The zero-order valence-electron chi connectivity index (χ0n) is 19.9. The third-order valence-corrected chi connectivity index (χ3v) is 7.81. The number of nitrogens with zero attached hydrogens (tertiary/aromatic N) is 4. The first-order chi connectivity index (χ1) is 17.5. The number of hydrogen-bond donors (Lipinski definition) is 1. The van der Waals surface area contributed by atoms with Gasteiger partial charge in [0.15, 0.2) is 0 Å². The van der Waals surface area contributed by atoms with Gasteiger partial charge in [0.25, 0.3) is 0 Å². The number of amides is 1. The molecule has 0 aliphatic rings. The summed E-state index contributed by atoms with van der Waals surface area (Å²) in [5.41, 5.74) is 2.97. The molecule has 36 heavy (non-hydrogen) atoms. The molecule has 1 amide bonds. The topological polar surface area (TPSA) is 97.7 Å². The van der Waals surface area contributed by atoms with Gasteiger partial charge in [0.05, 0.1) is 12.8 Å². The van der Waals surface area contributed by atoms with Crippen molar-refractivity contribution in [3.8, 4) is 0 Å². The van der Waals surface area contributed by atoms with Gasteiger partial charge in [-0.1, -0.05) is 65.4 Å². The summed E-state index contributed by atoms with van der Waals surface area (Å²) in [4.78, 5) is 24.7. The van der Waals surface area contributed by atoms with E-state index in [1.165, 1.54) is 22.7 Å². The van der Waals surface area contributed by atoms with Crippen LogP contribution in [0.5, 0.6) is 0 Å². The number of ketones is 1. The lowest BCUT2D eigenvalue weighted by molar-refractivity contribution is -0.118. The van der Waals surface area contributed by atoms with E-state index >= 15 is 0 Å². The Kier molecular flexibility index (Phi) is 9.27. The molecule has 10 heteroatoms. The summed E-state index contributed by atoms with van der Waals surface area (Å²) < 4.78 is 0. The Labute approximate surface area is 223 Å². The molecule has 186 valence electrons. The molecule has 0 radical (unpaired) electrons. The molecule has 2 heterocycles. The first kappa shape index (κ1) is 26.1. The summed E-state index contributed by atoms with van der Waals surface area (Å²) in [5.74, 6) is -0.0201. The number of carbonyl (C=O) groups excluding carboxylic acids is 2. The van der Waals surface area contributed by atoms with Crippen LogP contribution in [0, 0.1) is 6.92 Å². The third kappa shape index (κ3) is 7.74. The third-order valence-electron chi connectivity index (χ3n) is 5.56. The smallest absolute Gasteiger partial charge is 0.230 e. The minimum atomic E-state index is -0.171. The number of aromatic nitrogens is 4. The second kappa shape index (κ2) is 12.8. The number of aryl methyl sites for hydroxylation is 3. The van der Waals surface area contributed by atoms with Gasteiger partial charge < -0.3 is 5.32 Å². The summed E-state index contributed by atoms with van der Waals surface area (Å²) in [5, 5.41) is 23.2. The molecule has 0 unspecified atom stereocenters. The molecule has 1 N–H and O–H groups in total. The average molecular weight is 540 g/mol. The largest absolute Gasteiger partial charge is 0.300 e. The SMILES string of the molecule is Cc1ccccc1CC(=O)Cc1nnc(CCCCc2nnc(NC(=O)Cc3ccccc3Cl)s2)s1. The van der Waals surface area contributed by atoms with Gasteiger partial charge in [-0.15, -0.1) is 31.7 Å². The number of halogens is 1. The highest BCUT2D eigenvalue weighted by Crippen LogP contribution is 2.21. The van der Waals surface area contributed by atoms with Gasteiger partial charge in [0.2, 0.25) is 11.0 Å². The van der Waals surface area contributed by atoms with Crippen LogP contribution in [0.3, 0.4) is 0 Å². The summed E-state index contributed by atoms with van der Waals surface area (Å²) in [7, 11) is 0. The van der Waals surface area contributed by atoms with Crippen molar-refractivity contribution in [3.63, 3.8) is 0 Å². The van der Waals surface area contributed by atoms with Crippen molar-refractivity contribution < 1.29 is 9.59 Å². The highest BCUT2D eigenvalue weighted by molar-refractivity contribution is 7.15. The minimum absolute atomic E-state index is 0.151. The molecule has 2 aromatic heterocycles. The highest BCUT2D eigenvalue weighted by atomic mass is 35.5. The Bertz CT molecular complexity index is 1240. The second-order valence-corrected chi connectivity index (χ2v) is 11.0. The van der Waals surface area contributed by atoms with E-state index in [0.29, 0.717) is 23.0 Å². The zero-order valence-corrected chi connectivity index (χ0v) is 22.3. The monoisotopic (exact) mass is 539 g/mol. The van der Waals surface area contributed by atoms with Gasteiger partial charge in [-0.2, -0.15) is 0 Å². The number of hydrogen-bond acceptors (Lipinski definition) is 8. The Morgan fingerprint density at radius 3 is 2.17 bits per heavy atom. The Balaban J connectivity index is 1.16.